The van der Waals surface area contributed by atoms with Crippen LogP contribution in [0.25, 0.3) is 17.5 Å². The highest BCUT2D eigenvalue weighted by atomic mass is 16.6. The van der Waals surface area contributed by atoms with Crippen LogP contribution in [0.1, 0.15) is 41.3 Å². The van der Waals surface area contributed by atoms with Crippen molar-refractivity contribution >= 4 is 17.8 Å². The van der Waals surface area contributed by atoms with Crippen LogP contribution in [-0.4, -0.2) is 26.4 Å². The second-order valence-corrected chi connectivity index (χ2v) is 7.12. The van der Waals surface area contributed by atoms with Crippen molar-refractivity contribution in [1.82, 2.24) is 9.55 Å². The van der Waals surface area contributed by atoms with Crippen molar-refractivity contribution in [3.63, 3.8) is 0 Å². The Kier molecular flexibility index (Phi) is 3.13. The molecule has 0 spiro atoms. The average molecular weight is 364 g/mol. The lowest BCUT2D eigenvalue weighted by Crippen LogP contribution is -2.44. The highest BCUT2D eigenvalue weighted by Crippen LogP contribution is 2.38. The summed E-state index contributed by atoms with van der Waals surface area (Å²) >= 11 is 0. The predicted molar refractivity (Wildman–Crippen MR) is 94.8 cm³/mol. The van der Waals surface area contributed by atoms with Gasteiger partial charge in [0.1, 0.15) is 6.61 Å². The Labute approximate surface area is 153 Å². The number of fused-ring (bicyclic) bond motifs is 5. The maximum absolute atomic E-state index is 13.0. The second kappa shape index (κ2) is 5.23. The molecular weight excluding hydrogens is 348 g/mol. The SMILES string of the molecule is CCC1(O)C(=O)OCc2c1cc1n(c2=O)Cc2cc3c(nc2-1)C=CC(=O)C3. The van der Waals surface area contributed by atoms with Gasteiger partial charge in [0.05, 0.1) is 29.2 Å². The first-order chi connectivity index (χ1) is 12.9. The van der Waals surface area contributed by atoms with Crippen LogP contribution >= 0.6 is 0 Å². The summed E-state index contributed by atoms with van der Waals surface area (Å²) in [5.74, 6) is -0.712. The van der Waals surface area contributed by atoms with Crippen LogP contribution in [0.4, 0.5) is 0 Å². The molecule has 4 heterocycles. The molecule has 0 amide bonds. The lowest BCUT2D eigenvalue weighted by atomic mass is 9.86. The Hall–Kier alpha value is -3.06. The summed E-state index contributed by atoms with van der Waals surface area (Å²) in [7, 11) is 0. The number of allylic oxidation sites excluding steroid dienone is 1. The van der Waals surface area contributed by atoms with Gasteiger partial charge in [0.15, 0.2) is 11.4 Å². The Balaban J connectivity index is 1.75. The molecule has 1 atom stereocenters. The molecule has 0 saturated carbocycles. The lowest BCUT2D eigenvalue weighted by molar-refractivity contribution is -0.172. The monoisotopic (exact) mass is 364 g/mol. The maximum atomic E-state index is 13.0. The van der Waals surface area contributed by atoms with Gasteiger partial charge < -0.3 is 14.4 Å². The lowest BCUT2D eigenvalue weighted by Gasteiger charge is -2.31. The molecule has 136 valence electrons. The molecule has 27 heavy (non-hydrogen) atoms. The van der Waals surface area contributed by atoms with Gasteiger partial charge in [0.2, 0.25) is 0 Å². The van der Waals surface area contributed by atoms with E-state index in [9.17, 15) is 19.5 Å². The Morgan fingerprint density at radius 1 is 1.22 bits per heavy atom. The van der Waals surface area contributed by atoms with Crippen molar-refractivity contribution in [3.8, 4) is 11.4 Å². The van der Waals surface area contributed by atoms with E-state index in [2.05, 4.69) is 4.98 Å². The first-order valence-corrected chi connectivity index (χ1v) is 8.83. The van der Waals surface area contributed by atoms with Crippen molar-refractivity contribution in [1.29, 1.82) is 0 Å². The summed E-state index contributed by atoms with van der Waals surface area (Å²) in [6.45, 7) is 1.87. The molecule has 0 radical (unpaired) electrons. The maximum Gasteiger partial charge on any atom is 0.343 e. The summed E-state index contributed by atoms with van der Waals surface area (Å²) in [6.07, 6.45) is 3.59. The van der Waals surface area contributed by atoms with Crippen LogP contribution in [-0.2, 0) is 39.5 Å². The molecule has 2 aromatic rings. The summed E-state index contributed by atoms with van der Waals surface area (Å²) < 4.78 is 6.64. The third-order valence-electron chi connectivity index (χ3n) is 5.62. The highest BCUT2D eigenvalue weighted by molar-refractivity contribution is 5.98. The van der Waals surface area contributed by atoms with Crippen LogP contribution in [0.5, 0.6) is 0 Å². The number of esters is 1. The number of aromatic nitrogens is 2. The number of hydrogen-bond donors (Lipinski definition) is 1. The molecule has 0 saturated heterocycles. The van der Waals surface area contributed by atoms with Gasteiger partial charge in [-0.15, -0.1) is 0 Å². The molecule has 2 aliphatic heterocycles. The minimum absolute atomic E-state index is 0.0241. The van der Waals surface area contributed by atoms with Gasteiger partial charge in [-0.2, -0.15) is 0 Å². The smallest absolute Gasteiger partial charge is 0.343 e. The molecule has 7 heteroatoms. The van der Waals surface area contributed by atoms with E-state index in [1.165, 1.54) is 6.08 Å². The fourth-order valence-corrected chi connectivity index (χ4v) is 4.09. The predicted octanol–water partition coefficient (Wildman–Crippen LogP) is 1.06. The molecular formula is C20H16N2O5. The van der Waals surface area contributed by atoms with Crippen LogP contribution in [0, 0.1) is 0 Å². The van der Waals surface area contributed by atoms with Crippen molar-refractivity contribution in [2.45, 2.75) is 38.5 Å². The summed E-state index contributed by atoms with van der Waals surface area (Å²) in [5, 5.41) is 10.8. The molecule has 2 aromatic heterocycles. The number of pyridine rings is 2. The zero-order valence-corrected chi connectivity index (χ0v) is 14.6. The fourth-order valence-electron chi connectivity index (χ4n) is 4.09. The molecule has 1 N–H and O–H groups in total. The molecule has 5 rings (SSSR count). The van der Waals surface area contributed by atoms with Crippen molar-refractivity contribution in [2.75, 3.05) is 0 Å². The van der Waals surface area contributed by atoms with E-state index >= 15 is 0 Å². The molecule has 1 unspecified atom stereocenters. The van der Waals surface area contributed by atoms with Crippen LogP contribution in [0.15, 0.2) is 23.0 Å². The van der Waals surface area contributed by atoms with Gasteiger partial charge >= 0.3 is 5.97 Å². The Morgan fingerprint density at radius 2 is 2.04 bits per heavy atom. The Bertz CT molecular complexity index is 1140. The van der Waals surface area contributed by atoms with Crippen molar-refractivity contribution in [3.05, 3.63) is 56.5 Å². The van der Waals surface area contributed by atoms with E-state index in [0.717, 1.165) is 11.1 Å². The third-order valence-corrected chi connectivity index (χ3v) is 5.62. The number of carbonyl (C=O) groups excluding carboxylic acids is 2. The topological polar surface area (TPSA) is 98.5 Å². The van der Waals surface area contributed by atoms with Crippen molar-refractivity contribution in [2.24, 2.45) is 0 Å². The largest absolute Gasteiger partial charge is 0.458 e. The highest BCUT2D eigenvalue weighted by Gasteiger charge is 2.45. The number of rotatable bonds is 1. The van der Waals surface area contributed by atoms with Crippen LogP contribution in [0.3, 0.4) is 0 Å². The zero-order valence-electron chi connectivity index (χ0n) is 14.6. The van der Waals surface area contributed by atoms with Gasteiger partial charge in [-0.05, 0) is 36.3 Å². The number of ether oxygens (including phenoxy) is 1. The van der Waals surface area contributed by atoms with Crippen molar-refractivity contribution < 1.29 is 19.4 Å². The first-order valence-electron chi connectivity index (χ1n) is 8.83. The number of hydrogen-bond acceptors (Lipinski definition) is 6. The Morgan fingerprint density at radius 3 is 2.81 bits per heavy atom. The van der Waals surface area contributed by atoms with Gasteiger partial charge in [0, 0.05) is 17.5 Å². The van der Waals surface area contributed by atoms with E-state index in [1.54, 1.807) is 23.6 Å². The zero-order chi connectivity index (χ0) is 18.9. The minimum Gasteiger partial charge on any atom is -0.458 e. The van der Waals surface area contributed by atoms with Crippen LogP contribution < -0.4 is 5.56 Å². The molecule has 0 fully saturated rings. The third kappa shape index (κ3) is 2.06. The number of carbonyl (C=O) groups is 2. The van der Waals surface area contributed by atoms with Crippen LogP contribution in [0.2, 0.25) is 0 Å². The van der Waals surface area contributed by atoms with E-state index in [-0.39, 0.29) is 24.4 Å². The normalized spacial score (nSPS) is 22.0. The van der Waals surface area contributed by atoms with Gasteiger partial charge in [-0.1, -0.05) is 6.92 Å². The fraction of sp³-hybridized carbons (Fsp3) is 0.300. The van der Waals surface area contributed by atoms with Gasteiger partial charge in [-0.3, -0.25) is 9.59 Å². The summed E-state index contributed by atoms with van der Waals surface area (Å²) in [6, 6.07) is 3.60. The second-order valence-electron chi connectivity index (χ2n) is 7.12. The molecule has 7 nitrogen and oxygen atoms in total. The van der Waals surface area contributed by atoms with E-state index < -0.39 is 11.6 Å². The first kappa shape index (κ1) is 16.1. The average Bonchev–Trinajstić information content (AvgIpc) is 3.01. The molecule has 3 aliphatic rings. The molecule has 0 aromatic carbocycles. The number of aliphatic hydroxyl groups is 1. The molecule has 1 aliphatic carbocycles. The number of ketones is 1. The van der Waals surface area contributed by atoms with E-state index in [0.29, 0.717) is 41.2 Å². The summed E-state index contributed by atoms with van der Waals surface area (Å²) in [4.78, 5) is 41.5. The number of cyclic esters (lactones) is 1. The van der Waals surface area contributed by atoms with E-state index in [1.807, 2.05) is 6.07 Å². The number of nitrogens with zero attached hydrogens (tertiary/aromatic N) is 2. The van der Waals surface area contributed by atoms with Gasteiger partial charge in [-0.25, -0.2) is 9.78 Å². The standard InChI is InChI=1S/C20H16N2O5/c1-2-20(26)14-7-16-17-11(5-10-6-12(23)3-4-15(10)21-17)8-22(16)18(24)13(14)9-27-19(20)25/h3-5,7,26H,2,6,8-9H2,1H3. The van der Waals surface area contributed by atoms with E-state index in [4.69, 9.17) is 4.74 Å². The molecule has 0 bridgehead atoms. The minimum atomic E-state index is -1.83. The summed E-state index contributed by atoms with van der Waals surface area (Å²) in [5.41, 5.74) is 2.10. The quantitative estimate of drug-likeness (QED) is 0.649. The van der Waals surface area contributed by atoms with Gasteiger partial charge in [0.25, 0.3) is 5.56 Å².